The van der Waals surface area contributed by atoms with Gasteiger partial charge in [0.05, 0.1) is 18.4 Å². The Labute approximate surface area is 127 Å². The molecule has 0 aromatic heterocycles. The van der Waals surface area contributed by atoms with Crippen LogP contribution in [0.5, 0.6) is 0 Å². The molecule has 0 saturated carbocycles. The lowest BCUT2D eigenvalue weighted by molar-refractivity contribution is 0.0601. The number of anilines is 2. The van der Waals surface area contributed by atoms with Crippen LogP contribution in [0.1, 0.15) is 10.4 Å². The molecule has 21 heavy (non-hydrogen) atoms. The highest BCUT2D eigenvalue weighted by Gasteiger charge is 2.07. The van der Waals surface area contributed by atoms with Crippen molar-refractivity contribution < 1.29 is 14.3 Å². The van der Waals surface area contributed by atoms with Crippen LogP contribution < -0.4 is 10.6 Å². The summed E-state index contributed by atoms with van der Waals surface area (Å²) in [4.78, 5) is 23.8. The third-order valence-corrected chi connectivity index (χ3v) is 3.11. The smallest absolute Gasteiger partial charge is 0.337 e. The minimum Gasteiger partial charge on any atom is -0.465 e. The third-order valence-electron chi connectivity index (χ3n) is 2.72. The predicted octanol–water partition coefficient (Wildman–Crippen LogP) is 3.41. The van der Waals surface area contributed by atoms with E-state index in [1.54, 1.807) is 42.5 Å². The number of rotatable bonds is 3. The molecule has 2 N–H and O–H groups in total. The Morgan fingerprint density at radius 2 is 1.67 bits per heavy atom. The van der Waals surface area contributed by atoms with E-state index in [2.05, 4.69) is 28.0 Å². The number of urea groups is 1. The topological polar surface area (TPSA) is 67.4 Å². The van der Waals surface area contributed by atoms with Gasteiger partial charge < -0.3 is 15.4 Å². The Balaban J connectivity index is 2.00. The molecule has 0 atom stereocenters. The maximum Gasteiger partial charge on any atom is 0.337 e. The molecule has 2 amide bonds. The summed E-state index contributed by atoms with van der Waals surface area (Å²) in [5.74, 6) is -0.421. The Morgan fingerprint density at radius 1 is 1.00 bits per heavy atom. The van der Waals surface area contributed by atoms with Gasteiger partial charge in [-0.2, -0.15) is 0 Å². The second-order valence-electron chi connectivity index (χ2n) is 4.17. The first kappa shape index (κ1) is 14.9. The summed E-state index contributed by atoms with van der Waals surface area (Å²) in [6, 6.07) is 13.2. The van der Waals surface area contributed by atoms with E-state index >= 15 is 0 Å². The standard InChI is InChI=1S/C15H14N2O3S/c1-20-14(18)10-6-8-11(9-7-10)16-15(19)17-12-4-2-3-5-13(12)21/h2-9,21H,1H3,(H2,16,17,19). The number of thiol groups is 1. The fraction of sp³-hybridized carbons (Fsp3) is 0.0667. The van der Waals surface area contributed by atoms with Crippen LogP contribution in [0.25, 0.3) is 0 Å². The maximum atomic E-state index is 11.9. The molecule has 0 heterocycles. The van der Waals surface area contributed by atoms with Crippen molar-refractivity contribution in [2.45, 2.75) is 4.90 Å². The van der Waals surface area contributed by atoms with Crippen molar-refractivity contribution in [1.29, 1.82) is 0 Å². The molecule has 5 nitrogen and oxygen atoms in total. The number of methoxy groups -OCH3 is 1. The monoisotopic (exact) mass is 302 g/mol. The van der Waals surface area contributed by atoms with Crippen LogP contribution in [0.4, 0.5) is 16.2 Å². The molecule has 108 valence electrons. The Bertz CT molecular complexity index is 656. The zero-order valence-electron chi connectivity index (χ0n) is 11.3. The van der Waals surface area contributed by atoms with Crippen LogP contribution in [0.15, 0.2) is 53.4 Å². The first-order valence-electron chi connectivity index (χ1n) is 6.14. The van der Waals surface area contributed by atoms with Gasteiger partial charge in [-0.3, -0.25) is 0 Å². The highest BCUT2D eigenvalue weighted by molar-refractivity contribution is 7.80. The van der Waals surface area contributed by atoms with Gasteiger partial charge >= 0.3 is 12.0 Å². The van der Waals surface area contributed by atoms with Crippen molar-refractivity contribution in [3.8, 4) is 0 Å². The van der Waals surface area contributed by atoms with E-state index in [-0.39, 0.29) is 6.03 Å². The second kappa shape index (κ2) is 6.81. The summed E-state index contributed by atoms with van der Waals surface area (Å²) in [5.41, 5.74) is 1.60. The summed E-state index contributed by atoms with van der Waals surface area (Å²) in [5, 5.41) is 5.35. The van der Waals surface area contributed by atoms with E-state index in [0.29, 0.717) is 21.8 Å². The Kier molecular flexibility index (Phi) is 4.84. The fourth-order valence-corrected chi connectivity index (χ4v) is 1.89. The largest absolute Gasteiger partial charge is 0.465 e. The molecular formula is C15H14N2O3S. The van der Waals surface area contributed by atoms with E-state index in [1.807, 2.05) is 6.07 Å². The molecule has 2 aromatic rings. The number of hydrogen-bond acceptors (Lipinski definition) is 4. The van der Waals surface area contributed by atoms with E-state index in [1.165, 1.54) is 7.11 Å². The summed E-state index contributed by atoms with van der Waals surface area (Å²) < 4.78 is 4.60. The number of para-hydroxylation sites is 1. The average Bonchev–Trinajstić information content (AvgIpc) is 2.49. The zero-order chi connectivity index (χ0) is 15.2. The first-order valence-corrected chi connectivity index (χ1v) is 6.59. The second-order valence-corrected chi connectivity index (χ2v) is 4.65. The molecule has 0 bridgehead atoms. The van der Waals surface area contributed by atoms with E-state index in [4.69, 9.17) is 0 Å². The predicted molar refractivity (Wildman–Crippen MR) is 84.1 cm³/mol. The molecule has 6 heteroatoms. The molecule has 0 aliphatic heterocycles. The van der Waals surface area contributed by atoms with Gasteiger partial charge in [0.15, 0.2) is 0 Å². The van der Waals surface area contributed by atoms with E-state index in [9.17, 15) is 9.59 Å². The number of carbonyl (C=O) groups excluding carboxylic acids is 2. The average molecular weight is 302 g/mol. The summed E-state index contributed by atoms with van der Waals surface area (Å²) in [6.45, 7) is 0. The van der Waals surface area contributed by atoms with Crippen molar-refractivity contribution in [3.63, 3.8) is 0 Å². The van der Waals surface area contributed by atoms with Gasteiger partial charge in [0.25, 0.3) is 0 Å². The zero-order valence-corrected chi connectivity index (χ0v) is 12.2. The van der Waals surface area contributed by atoms with Gasteiger partial charge in [0.2, 0.25) is 0 Å². The molecule has 2 aromatic carbocycles. The van der Waals surface area contributed by atoms with Gasteiger partial charge in [-0.15, -0.1) is 12.6 Å². The number of hydrogen-bond donors (Lipinski definition) is 3. The SMILES string of the molecule is COC(=O)c1ccc(NC(=O)Nc2ccccc2S)cc1. The molecule has 2 rings (SSSR count). The van der Waals surface area contributed by atoms with Gasteiger partial charge in [-0.1, -0.05) is 12.1 Å². The van der Waals surface area contributed by atoms with Gasteiger partial charge in [0, 0.05) is 10.6 Å². The van der Waals surface area contributed by atoms with Crippen molar-refractivity contribution in [1.82, 2.24) is 0 Å². The van der Waals surface area contributed by atoms with Crippen LogP contribution in [-0.2, 0) is 4.74 Å². The molecular weight excluding hydrogens is 288 g/mol. The van der Waals surface area contributed by atoms with Crippen LogP contribution in [0, 0.1) is 0 Å². The van der Waals surface area contributed by atoms with E-state index < -0.39 is 5.97 Å². The molecule has 0 fully saturated rings. The van der Waals surface area contributed by atoms with Gasteiger partial charge in [-0.25, -0.2) is 9.59 Å². The lowest BCUT2D eigenvalue weighted by Crippen LogP contribution is -2.19. The molecule has 0 unspecified atom stereocenters. The highest BCUT2D eigenvalue weighted by Crippen LogP contribution is 2.19. The Hall–Kier alpha value is -2.47. The summed E-state index contributed by atoms with van der Waals surface area (Å²) in [7, 11) is 1.32. The van der Waals surface area contributed by atoms with Crippen molar-refractivity contribution >= 4 is 36.0 Å². The van der Waals surface area contributed by atoms with Gasteiger partial charge in [0.1, 0.15) is 0 Å². The van der Waals surface area contributed by atoms with Crippen LogP contribution in [-0.4, -0.2) is 19.1 Å². The lowest BCUT2D eigenvalue weighted by atomic mass is 10.2. The van der Waals surface area contributed by atoms with Gasteiger partial charge in [-0.05, 0) is 36.4 Å². The van der Waals surface area contributed by atoms with E-state index in [0.717, 1.165) is 0 Å². The number of benzene rings is 2. The highest BCUT2D eigenvalue weighted by atomic mass is 32.1. The van der Waals surface area contributed by atoms with Crippen LogP contribution >= 0.6 is 12.6 Å². The summed E-state index contributed by atoms with van der Waals surface area (Å²) >= 11 is 4.25. The number of ether oxygens (including phenoxy) is 1. The first-order chi connectivity index (χ1) is 10.1. The lowest BCUT2D eigenvalue weighted by Gasteiger charge is -2.09. The molecule has 0 aliphatic carbocycles. The quantitative estimate of drug-likeness (QED) is 0.601. The van der Waals surface area contributed by atoms with Crippen molar-refractivity contribution in [2.24, 2.45) is 0 Å². The molecule has 0 saturated heterocycles. The molecule has 0 spiro atoms. The fourth-order valence-electron chi connectivity index (χ4n) is 1.67. The normalized spacial score (nSPS) is 9.81. The minimum atomic E-state index is -0.421. The molecule has 0 aliphatic rings. The summed E-state index contributed by atoms with van der Waals surface area (Å²) in [6.07, 6.45) is 0. The third kappa shape index (κ3) is 4.00. The van der Waals surface area contributed by atoms with Crippen LogP contribution in [0.2, 0.25) is 0 Å². The van der Waals surface area contributed by atoms with Crippen LogP contribution in [0.3, 0.4) is 0 Å². The molecule has 0 radical (unpaired) electrons. The number of amides is 2. The minimum absolute atomic E-state index is 0.387. The number of esters is 1. The number of carbonyl (C=O) groups is 2. The van der Waals surface area contributed by atoms with Crippen molar-refractivity contribution in [2.75, 3.05) is 17.7 Å². The maximum absolute atomic E-state index is 11.9. The Morgan fingerprint density at radius 3 is 2.29 bits per heavy atom. The number of nitrogens with one attached hydrogen (secondary N) is 2. The van der Waals surface area contributed by atoms with Crippen molar-refractivity contribution in [3.05, 3.63) is 54.1 Å².